The fraction of sp³-hybridized carbons (Fsp3) is 0.333. The molecular formula is C15H20N2O2S2. The van der Waals surface area contributed by atoms with Crippen molar-refractivity contribution >= 4 is 32.7 Å². The van der Waals surface area contributed by atoms with Crippen molar-refractivity contribution in [2.24, 2.45) is 0 Å². The summed E-state index contributed by atoms with van der Waals surface area (Å²) in [5, 5.41) is 5.51. The van der Waals surface area contributed by atoms with Crippen LogP contribution < -0.4 is 10.0 Å². The zero-order valence-electron chi connectivity index (χ0n) is 12.4. The lowest BCUT2D eigenvalue weighted by atomic mass is 10.2. The van der Waals surface area contributed by atoms with E-state index in [1.807, 2.05) is 12.1 Å². The van der Waals surface area contributed by atoms with Crippen LogP contribution in [0.25, 0.3) is 0 Å². The van der Waals surface area contributed by atoms with Crippen molar-refractivity contribution in [3.05, 3.63) is 46.2 Å². The van der Waals surface area contributed by atoms with Gasteiger partial charge in [0.1, 0.15) is 0 Å². The van der Waals surface area contributed by atoms with E-state index in [9.17, 15) is 8.42 Å². The molecule has 0 fully saturated rings. The van der Waals surface area contributed by atoms with Crippen LogP contribution in [0, 0.1) is 6.92 Å². The molecule has 1 heterocycles. The molecule has 21 heavy (non-hydrogen) atoms. The van der Waals surface area contributed by atoms with Gasteiger partial charge in [-0.2, -0.15) is 0 Å². The minimum absolute atomic E-state index is 0.0711. The third-order valence-electron chi connectivity index (χ3n) is 3.22. The van der Waals surface area contributed by atoms with Gasteiger partial charge in [0.15, 0.2) is 0 Å². The molecule has 0 saturated heterocycles. The Morgan fingerprint density at radius 3 is 2.29 bits per heavy atom. The first-order chi connectivity index (χ1) is 9.91. The molecule has 0 spiro atoms. The number of aryl methyl sites for hydroxylation is 1. The van der Waals surface area contributed by atoms with Crippen LogP contribution in [-0.2, 0) is 10.0 Å². The van der Waals surface area contributed by atoms with Gasteiger partial charge in [0.25, 0.3) is 0 Å². The lowest BCUT2D eigenvalue weighted by Gasteiger charge is -2.15. The van der Waals surface area contributed by atoms with Crippen molar-refractivity contribution < 1.29 is 8.42 Å². The van der Waals surface area contributed by atoms with E-state index in [-0.39, 0.29) is 11.8 Å². The van der Waals surface area contributed by atoms with Crippen LogP contribution in [0.2, 0.25) is 0 Å². The smallest absolute Gasteiger partial charge is 0.232 e. The molecule has 4 nitrogen and oxygen atoms in total. The normalized spacial score (nSPS) is 12.9. The molecule has 6 heteroatoms. The van der Waals surface area contributed by atoms with Crippen molar-refractivity contribution in [1.29, 1.82) is 0 Å². The van der Waals surface area contributed by atoms with Crippen LogP contribution in [0.5, 0.6) is 0 Å². The predicted molar refractivity (Wildman–Crippen MR) is 90.6 cm³/mol. The van der Waals surface area contributed by atoms with E-state index in [0.29, 0.717) is 5.69 Å². The number of hydrogen-bond acceptors (Lipinski definition) is 4. The summed E-state index contributed by atoms with van der Waals surface area (Å²) in [6, 6.07) is 9.64. The monoisotopic (exact) mass is 324 g/mol. The number of thiophene rings is 1. The topological polar surface area (TPSA) is 58.2 Å². The highest BCUT2D eigenvalue weighted by atomic mass is 32.2. The van der Waals surface area contributed by atoms with Crippen LogP contribution in [-0.4, -0.2) is 14.2 Å². The van der Waals surface area contributed by atoms with Gasteiger partial charge in [0.05, 0.1) is 11.8 Å². The first-order valence-corrected chi connectivity index (χ1v) is 9.35. The average Bonchev–Trinajstić information content (AvgIpc) is 2.87. The third kappa shape index (κ3) is 4.22. The summed E-state index contributed by atoms with van der Waals surface area (Å²) in [4.78, 5) is 1.31. The Hall–Kier alpha value is -1.53. The molecule has 0 aliphatic rings. The highest BCUT2D eigenvalue weighted by molar-refractivity contribution is 7.92. The van der Waals surface area contributed by atoms with Gasteiger partial charge in [-0.15, -0.1) is 11.3 Å². The number of hydrogen-bond donors (Lipinski definition) is 2. The molecule has 0 saturated carbocycles. The molecule has 0 bridgehead atoms. The van der Waals surface area contributed by atoms with E-state index in [1.54, 1.807) is 30.4 Å². The fourth-order valence-electron chi connectivity index (χ4n) is 2.03. The fourth-order valence-corrected chi connectivity index (χ4v) is 3.61. The van der Waals surface area contributed by atoms with Gasteiger partial charge in [0.2, 0.25) is 10.0 Å². The molecule has 0 aliphatic carbocycles. The molecule has 1 unspecified atom stereocenters. The Bertz CT molecular complexity index is 691. The largest absolute Gasteiger partial charge is 0.378 e. The zero-order valence-corrected chi connectivity index (χ0v) is 14.0. The quantitative estimate of drug-likeness (QED) is 0.844. The molecule has 2 rings (SSSR count). The van der Waals surface area contributed by atoms with Crippen LogP contribution in [0.4, 0.5) is 11.4 Å². The van der Waals surface area contributed by atoms with E-state index in [0.717, 1.165) is 5.69 Å². The molecule has 0 aliphatic heterocycles. The van der Waals surface area contributed by atoms with Gasteiger partial charge < -0.3 is 5.32 Å². The van der Waals surface area contributed by atoms with Crippen molar-refractivity contribution in [2.45, 2.75) is 26.8 Å². The average molecular weight is 324 g/mol. The number of sulfonamides is 1. The van der Waals surface area contributed by atoms with E-state index in [4.69, 9.17) is 0 Å². The Labute approximate surface area is 130 Å². The van der Waals surface area contributed by atoms with Gasteiger partial charge in [-0.1, -0.05) is 0 Å². The minimum Gasteiger partial charge on any atom is -0.378 e. The molecule has 2 aromatic rings. The second kappa shape index (κ2) is 6.49. The van der Waals surface area contributed by atoms with Crippen LogP contribution >= 0.6 is 11.3 Å². The van der Waals surface area contributed by atoms with Crippen molar-refractivity contribution in [2.75, 3.05) is 15.8 Å². The van der Waals surface area contributed by atoms with Gasteiger partial charge in [-0.05, 0) is 62.0 Å². The summed E-state index contributed by atoms with van der Waals surface area (Å²) in [5.74, 6) is 0.0711. The summed E-state index contributed by atoms with van der Waals surface area (Å²) >= 11 is 1.74. The number of benzene rings is 1. The van der Waals surface area contributed by atoms with Crippen LogP contribution in [0.15, 0.2) is 35.7 Å². The van der Waals surface area contributed by atoms with E-state index < -0.39 is 10.0 Å². The van der Waals surface area contributed by atoms with Gasteiger partial charge >= 0.3 is 0 Å². The summed E-state index contributed by atoms with van der Waals surface area (Å²) in [6.07, 6.45) is 0. The lowest BCUT2D eigenvalue weighted by molar-refractivity contribution is 0.602. The summed E-state index contributed by atoms with van der Waals surface area (Å²) < 4.78 is 25.5. The molecule has 1 atom stereocenters. The Morgan fingerprint density at radius 1 is 1.14 bits per heavy atom. The number of rotatable bonds is 6. The first kappa shape index (κ1) is 15.9. The van der Waals surface area contributed by atoms with Crippen molar-refractivity contribution in [3.8, 4) is 0 Å². The summed E-state index contributed by atoms with van der Waals surface area (Å²) in [6.45, 7) is 5.84. The molecule has 1 aromatic carbocycles. The summed E-state index contributed by atoms with van der Waals surface area (Å²) in [7, 11) is -3.22. The SMILES string of the molecule is CCS(=O)(=O)Nc1ccc(NC(C)c2sccc2C)cc1. The Morgan fingerprint density at radius 2 is 1.76 bits per heavy atom. The third-order valence-corrected chi connectivity index (χ3v) is 5.72. The van der Waals surface area contributed by atoms with E-state index >= 15 is 0 Å². The molecule has 2 N–H and O–H groups in total. The van der Waals surface area contributed by atoms with Gasteiger partial charge in [-0.3, -0.25) is 4.72 Å². The maximum absolute atomic E-state index is 11.5. The maximum Gasteiger partial charge on any atom is 0.232 e. The second-order valence-electron chi connectivity index (χ2n) is 4.92. The molecule has 0 amide bonds. The van der Waals surface area contributed by atoms with Crippen molar-refractivity contribution in [1.82, 2.24) is 0 Å². The standard InChI is InChI=1S/C15H20N2O2S2/c1-4-21(18,19)17-14-7-5-13(6-8-14)16-12(3)15-11(2)9-10-20-15/h5-10,12,16-17H,4H2,1-3H3. The van der Waals surface area contributed by atoms with Gasteiger partial charge in [0, 0.05) is 16.3 Å². The zero-order chi connectivity index (χ0) is 15.5. The molecule has 1 aromatic heterocycles. The van der Waals surface area contributed by atoms with Gasteiger partial charge in [-0.25, -0.2) is 8.42 Å². The molecule has 0 radical (unpaired) electrons. The Balaban J connectivity index is 2.04. The first-order valence-electron chi connectivity index (χ1n) is 6.82. The maximum atomic E-state index is 11.5. The Kier molecular flexibility index (Phi) is 4.90. The van der Waals surface area contributed by atoms with Crippen LogP contribution in [0.3, 0.4) is 0 Å². The highest BCUT2D eigenvalue weighted by Gasteiger charge is 2.10. The molecule has 114 valence electrons. The van der Waals surface area contributed by atoms with E-state index in [2.05, 4.69) is 35.3 Å². The summed E-state index contributed by atoms with van der Waals surface area (Å²) in [5.41, 5.74) is 2.84. The number of nitrogens with one attached hydrogen (secondary N) is 2. The second-order valence-corrected chi connectivity index (χ2v) is 7.88. The highest BCUT2D eigenvalue weighted by Crippen LogP contribution is 2.27. The van der Waals surface area contributed by atoms with Crippen LogP contribution in [0.1, 0.15) is 30.3 Å². The van der Waals surface area contributed by atoms with Crippen molar-refractivity contribution in [3.63, 3.8) is 0 Å². The minimum atomic E-state index is -3.22. The van der Waals surface area contributed by atoms with E-state index in [1.165, 1.54) is 10.4 Å². The molecular weight excluding hydrogens is 304 g/mol. The number of anilines is 2. The lowest BCUT2D eigenvalue weighted by Crippen LogP contribution is -2.14. The predicted octanol–water partition coefficient (Wildman–Crippen LogP) is 3.99.